The van der Waals surface area contributed by atoms with Gasteiger partial charge in [0.2, 0.25) is 5.91 Å². The number of rotatable bonds is 2. The third kappa shape index (κ3) is 3.75. The number of hydrogen-bond acceptors (Lipinski definition) is 2. The number of hydrogen-bond donors (Lipinski definition) is 1. The number of nitrogens with two attached hydrogens (primary N) is 1. The largest absolute Gasteiger partial charge is 0.342 e. The number of nitrogens with zero attached hydrogens (tertiary/aromatic N) is 1. The molecule has 1 heterocycles. The Labute approximate surface area is 124 Å². The SMILES string of the molecule is CC(C)(C)C1CCC(C(=O)N2CCC(CN)CC2)CC1. The summed E-state index contributed by atoms with van der Waals surface area (Å²) in [6.07, 6.45) is 6.83. The first-order chi connectivity index (χ1) is 9.41. The van der Waals surface area contributed by atoms with Crippen molar-refractivity contribution >= 4 is 5.91 Å². The third-order valence-corrected chi connectivity index (χ3v) is 5.56. The molecule has 20 heavy (non-hydrogen) atoms. The van der Waals surface area contributed by atoms with Gasteiger partial charge < -0.3 is 10.6 Å². The van der Waals surface area contributed by atoms with Crippen LogP contribution in [0.5, 0.6) is 0 Å². The standard InChI is InChI=1S/C17H32N2O/c1-17(2,3)15-6-4-14(5-7-15)16(20)19-10-8-13(12-18)9-11-19/h13-15H,4-12,18H2,1-3H3. The molecule has 0 unspecified atom stereocenters. The van der Waals surface area contributed by atoms with Crippen molar-refractivity contribution < 1.29 is 4.79 Å². The van der Waals surface area contributed by atoms with Crippen LogP contribution in [0.1, 0.15) is 59.3 Å². The fourth-order valence-corrected chi connectivity index (χ4v) is 3.85. The van der Waals surface area contributed by atoms with E-state index in [2.05, 4.69) is 25.7 Å². The lowest BCUT2D eigenvalue weighted by molar-refractivity contribution is -0.138. The first-order valence-corrected chi connectivity index (χ1v) is 8.40. The minimum absolute atomic E-state index is 0.294. The minimum atomic E-state index is 0.294. The van der Waals surface area contributed by atoms with Crippen LogP contribution in [0.2, 0.25) is 0 Å². The van der Waals surface area contributed by atoms with Crippen LogP contribution >= 0.6 is 0 Å². The third-order valence-electron chi connectivity index (χ3n) is 5.56. The van der Waals surface area contributed by atoms with Crippen LogP contribution < -0.4 is 5.73 Å². The lowest BCUT2D eigenvalue weighted by atomic mass is 9.69. The van der Waals surface area contributed by atoms with Crippen LogP contribution in [-0.2, 0) is 4.79 Å². The first kappa shape index (κ1) is 15.8. The van der Waals surface area contributed by atoms with Crippen molar-refractivity contribution in [3.05, 3.63) is 0 Å². The van der Waals surface area contributed by atoms with E-state index in [1.165, 1.54) is 12.8 Å². The van der Waals surface area contributed by atoms with Crippen molar-refractivity contribution in [1.29, 1.82) is 0 Å². The van der Waals surface area contributed by atoms with E-state index >= 15 is 0 Å². The summed E-state index contributed by atoms with van der Waals surface area (Å²) in [6, 6.07) is 0. The summed E-state index contributed by atoms with van der Waals surface area (Å²) in [4.78, 5) is 14.7. The first-order valence-electron chi connectivity index (χ1n) is 8.40. The maximum atomic E-state index is 12.6. The van der Waals surface area contributed by atoms with Crippen molar-refractivity contribution in [2.24, 2.45) is 28.9 Å². The molecule has 0 atom stereocenters. The van der Waals surface area contributed by atoms with Crippen LogP contribution in [0.3, 0.4) is 0 Å². The van der Waals surface area contributed by atoms with E-state index in [0.29, 0.717) is 23.2 Å². The molecule has 1 saturated heterocycles. The highest BCUT2D eigenvalue weighted by atomic mass is 16.2. The van der Waals surface area contributed by atoms with Crippen LogP contribution in [0, 0.1) is 23.2 Å². The number of amides is 1. The molecule has 0 bridgehead atoms. The lowest BCUT2D eigenvalue weighted by Crippen LogP contribution is -2.44. The molecule has 0 radical (unpaired) electrons. The molecule has 1 saturated carbocycles. The topological polar surface area (TPSA) is 46.3 Å². The van der Waals surface area contributed by atoms with Gasteiger partial charge >= 0.3 is 0 Å². The predicted molar refractivity (Wildman–Crippen MR) is 83.3 cm³/mol. The summed E-state index contributed by atoms with van der Waals surface area (Å²) in [7, 11) is 0. The summed E-state index contributed by atoms with van der Waals surface area (Å²) in [5.74, 6) is 2.14. The lowest BCUT2D eigenvalue weighted by Gasteiger charge is -2.39. The predicted octanol–water partition coefficient (Wildman–Crippen LogP) is 3.04. The second-order valence-corrected chi connectivity index (χ2v) is 7.92. The second kappa shape index (κ2) is 6.46. The summed E-state index contributed by atoms with van der Waals surface area (Å²) < 4.78 is 0. The monoisotopic (exact) mass is 280 g/mol. The summed E-state index contributed by atoms with van der Waals surface area (Å²) in [5.41, 5.74) is 6.12. The average Bonchev–Trinajstić information content (AvgIpc) is 2.46. The Morgan fingerprint density at radius 1 is 1.05 bits per heavy atom. The molecule has 3 nitrogen and oxygen atoms in total. The van der Waals surface area contributed by atoms with Crippen molar-refractivity contribution in [3.63, 3.8) is 0 Å². The van der Waals surface area contributed by atoms with E-state index in [0.717, 1.165) is 51.2 Å². The number of likely N-dealkylation sites (tertiary alicyclic amines) is 1. The molecule has 0 aromatic heterocycles. The van der Waals surface area contributed by atoms with Gasteiger partial charge in [0, 0.05) is 19.0 Å². The van der Waals surface area contributed by atoms with E-state index in [1.807, 2.05) is 0 Å². The zero-order chi connectivity index (χ0) is 14.8. The molecule has 0 aromatic rings. The molecule has 1 aliphatic carbocycles. The zero-order valence-corrected chi connectivity index (χ0v) is 13.5. The molecule has 1 aliphatic heterocycles. The van der Waals surface area contributed by atoms with Crippen LogP contribution in [-0.4, -0.2) is 30.4 Å². The van der Waals surface area contributed by atoms with E-state index in [1.54, 1.807) is 0 Å². The number of carbonyl (C=O) groups excluding carboxylic acids is 1. The zero-order valence-electron chi connectivity index (χ0n) is 13.5. The maximum Gasteiger partial charge on any atom is 0.225 e. The molecule has 2 fully saturated rings. The van der Waals surface area contributed by atoms with Gasteiger partial charge in [-0.25, -0.2) is 0 Å². The summed E-state index contributed by atoms with van der Waals surface area (Å²) in [6.45, 7) is 9.63. The number of piperidine rings is 1. The minimum Gasteiger partial charge on any atom is -0.342 e. The van der Waals surface area contributed by atoms with Crippen molar-refractivity contribution in [1.82, 2.24) is 4.90 Å². The van der Waals surface area contributed by atoms with Gasteiger partial charge in [0.15, 0.2) is 0 Å². The molecule has 1 amide bonds. The van der Waals surface area contributed by atoms with E-state index < -0.39 is 0 Å². The molecule has 116 valence electrons. The Hall–Kier alpha value is -0.570. The van der Waals surface area contributed by atoms with Crippen LogP contribution in [0.4, 0.5) is 0 Å². The molecule has 0 aromatic carbocycles. The Balaban J connectivity index is 1.80. The molecule has 0 spiro atoms. The van der Waals surface area contributed by atoms with Gasteiger partial charge in [0.1, 0.15) is 0 Å². The van der Waals surface area contributed by atoms with Crippen molar-refractivity contribution in [3.8, 4) is 0 Å². The summed E-state index contributed by atoms with van der Waals surface area (Å²) in [5, 5.41) is 0. The highest BCUT2D eigenvalue weighted by molar-refractivity contribution is 5.79. The second-order valence-electron chi connectivity index (χ2n) is 7.92. The van der Waals surface area contributed by atoms with Gasteiger partial charge in [0.05, 0.1) is 0 Å². The molecule has 3 heteroatoms. The molecule has 2 rings (SSSR count). The average molecular weight is 280 g/mol. The van der Waals surface area contributed by atoms with Crippen molar-refractivity contribution in [2.45, 2.75) is 59.3 Å². The number of carbonyl (C=O) groups is 1. The molecular weight excluding hydrogens is 248 g/mol. The van der Waals surface area contributed by atoms with E-state index in [4.69, 9.17) is 5.73 Å². The van der Waals surface area contributed by atoms with Crippen molar-refractivity contribution in [2.75, 3.05) is 19.6 Å². The molecule has 2 aliphatic rings. The molecular formula is C17H32N2O. The Morgan fingerprint density at radius 3 is 2.05 bits per heavy atom. The highest BCUT2D eigenvalue weighted by Crippen LogP contribution is 2.40. The molecule has 2 N–H and O–H groups in total. The van der Waals surface area contributed by atoms with Gasteiger partial charge in [0.25, 0.3) is 0 Å². The normalized spacial score (nSPS) is 29.5. The quantitative estimate of drug-likeness (QED) is 0.845. The van der Waals surface area contributed by atoms with Crippen LogP contribution in [0.15, 0.2) is 0 Å². The Bertz CT molecular complexity index is 318. The smallest absolute Gasteiger partial charge is 0.225 e. The summed E-state index contributed by atoms with van der Waals surface area (Å²) >= 11 is 0. The Morgan fingerprint density at radius 2 is 1.60 bits per heavy atom. The van der Waals surface area contributed by atoms with Gasteiger partial charge in [-0.1, -0.05) is 20.8 Å². The van der Waals surface area contributed by atoms with Gasteiger partial charge in [-0.3, -0.25) is 4.79 Å². The fourth-order valence-electron chi connectivity index (χ4n) is 3.85. The van der Waals surface area contributed by atoms with Gasteiger partial charge in [-0.15, -0.1) is 0 Å². The maximum absolute atomic E-state index is 12.6. The van der Waals surface area contributed by atoms with E-state index in [9.17, 15) is 4.79 Å². The highest BCUT2D eigenvalue weighted by Gasteiger charge is 2.34. The Kier molecular flexibility index (Phi) is 5.11. The van der Waals surface area contributed by atoms with Crippen LogP contribution in [0.25, 0.3) is 0 Å². The van der Waals surface area contributed by atoms with E-state index in [-0.39, 0.29) is 0 Å². The van der Waals surface area contributed by atoms with Gasteiger partial charge in [-0.2, -0.15) is 0 Å². The van der Waals surface area contributed by atoms with Gasteiger partial charge in [-0.05, 0) is 62.3 Å². The fraction of sp³-hybridized carbons (Fsp3) is 0.941.